The minimum absolute atomic E-state index is 0.0632. The maximum absolute atomic E-state index is 13.8. The van der Waals surface area contributed by atoms with Gasteiger partial charge in [0.15, 0.2) is 23.3 Å². The molecule has 1 atom stereocenters. The van der Waals surface area contributed by atoms with Crippen molar-refractivity contribution >= 4 is 11.9 Å². The minimum Gasteiger partial charge on any atom is -0.464 e. The molecule has 0 aliphatic carbocycles. The molecular formula is C18H22F5NO3. The van der Waals surface area contributed by atoms with Gasteiger partial charge in [-0.2, -0.15) is 0 Å². The number of unbranched alkanes of at least 4 members (excludes halogenated alkanes) is 2. The van der Waals surface area contributed by atoms with Crippen LogP contribution in [0.25, 0.3) is 0 Å². The molecule has 4 nitrogen and oxygen atoms in total. The number of nitrogens with one attached hydrogen (secondary N) is 1. The summed E-state index contributed by atoms with van der Waals surface area (Å²) in [6.07, 6.45) is 2.37. The number of hydrogen-bond acceptors (Lipinski definition) is 3. The maximum Gasteiger partial charge on any atom is 0.328 e. The fourth-order valence-electron chi connectivity index (χ4n) is 2.35. The largest absolute Gasteiger partial charge is 0.464 e. The molecule has 152 valence electrons. The van der Waals surface area contributed by atoms with E-state index in [0.717, 1.165) is 12.8 Å². The number of benzene rings is 1. The predicted octanol–water partition coefficient (Wildman–Crippen LogP) is 4.26. The third kappa shape index (κ3) is 5.90. The van der Waals surface area contributed by atoms with Crippen LogP contribution in [0, 0.1) is 35.0 Å². The van der Waals surface area contributed by atoms with E-state index >= 15 is 0 Å². The fraction of sp³-hybridized carbons (Fsp3) is 0.556. The molecule has 1 unspecified atom stereocenters. The highest BCUT2D eigenvalue weighted by Crippen LogP contribution is 2.23. The second kappa shape index (κ2) is 10.2. The molecule has 0 radical (unpaired) electrons. The van der Waals surface area contributed by atoms with E-state index < -0.39 is 52.6 Å². The van der Waals surface area contributed by atoms with Gasteiger partial charge in [0.05, 0.1) is 6.61 Å². The Labute approximate surface area is 154 Å². The Morgan fingerprint density at radius 1 is 0.926 bits per heavy atom. The standard InChI is InChI=1S/C18H22F5NO3/c1-4-5-6-7-27-18(26)10(8-9(2)3)24-17(25)11-12(19)14(21)16(23)15(22)13(11)20/h9-10H,4-8H2,1-3H3,(H,24,25). The highest BCUT2D eigenvalue weighted by molar-refractivity contribution is 5.97. The lowest BCUT2D eigenvalue weighted by molar-refractivity contribution is -0.146. The summed E-state index contributed by atoms with van der Waals surface area (Å²) in [5.41, 5.74) is -1.64. The van der Waals surface area contributed by atoms with Gasteiger partial charge in [0.1, 0.15) is 11.6 Å². The summed E-state index contributed by atoms with van der Waals surface area (Å²) in [7, 11) is 0. The molecule has 1 rings (SSSR count). The van der Waals surface area contributed by atoms with Gasteiger partial charge in [-0.15, -0.1) is 0 Å². The van der Waals surface area contributed by atoms with Crippen LogP contribution in [0.4, 0.5) is 22.0 Å². The summed E-state index contributed by atoms with van der Waals surface area (Å²) in [6.45, 7) is 5.50. The average molecular weight is 395 g/mol. The Bertz CT molecular complexity index is 665. The molecule has 0 heterocycles. The number of hydrogen-bond donors (Lipinski definition) is 1. The molecule has 0 saturated heterocycles. The molecule has 0 bridgehead atoms. The van der Waals surface area contributed by atoms with Crippen molar-refractivity contribution in [3.63, 3.8) is 0 Å². The van der Waals surface area contributed by atoms with Crippen LogP contribution in [-0.4, -0.2) is 24.5 Å². The number of esters is 1. The van der Waals surface area contributed by atoms with E-state index in [1.54, 1.807) is 13.8 Å². The monoisotopic (exact) mass is 395 g/mol. The normalized spacial score (nSPS) is 12.2. The zero-order chi connectivity index (χ0) is 20.7. The van der Waals surface area contributed by atoms with E-state index in [-0.39, 0.29) is 18.9 Å². The van der Waals surface area contributed by atoms with E-state index in [1.165, 1.54) is 0 Å². The van der Waals surface area contributed by atoms with E-state index in [1.807, 2.05) is 12.2 Å². The average Bonchev–Trinajstić information content (AvgIpc) is 2.61. The van der Waals surface area contributed by atoms with Crippen LogP contribution in [0.15, 0.2) is 0 Å². The Balaban J connectivity index is 3.02. The summed E-state index contributed by atoms with van der Waals surface area (Å²) >= 11 is 0. The second-order valence-corrected chi connectivity index (χ2v) is 6.48. The Morgan fingerprint density at radius 2 is 1.44 bits per heavy atom. The van der Waals surface area contributed by atoms with Gasteiger partial charge >= 0.3 is 5.97 Å². The van der Waals surface area contributed by atoms with Gasteiger partial charge in [-0.3, -0.25) is 4.79 Å². The molecule has 0 spiro atoms. The zero-order valence-electron chi connectivity index (χ0n) is 15.3. The number of carbonyl (C=O) groups is 2. The first-order chi connectivity index (χ1) is 12.6. The van der Waals surface area contributed by atoms with Crippen molar-refractivity contribution < 1.29 is 36.3 Å². The van der Waals surface area contributed by atoms with E-state index in [2.05, 4.69) is 0 Å². The summed E-state index contributed by atoms with van der Waals surface area (Å²) in [5, 5.41) is 2.01. The molecule has 27 heavy (non-hydrogen) atoms. The number of halogens is 5. The predicted molar refractivity (Wildman–Crippen MR) is 87.4 cm³/mol. The lowest BCUT2D eigenvalue weighted by Gasteiger charge is -2.20. The second-order valence-electron chi connectivity index (χ2n) is 6.48. The van der Waals surface area contributed by atoms with Crippen molar-refractivity contribution in [3.05, 3.63) is 34.6 Å². The van der Waals surface area contributed by atoms with Crippen LogP contribution in [0.5, 0.6) is 0 Å². The molecule has 0 aromatic heterocycles. The van der Waals surface area contributed by atoms with Crippen LogP contribution < -0.4 is 5.32 Å². The number of carbonyl (C=O) groups excluding carboxylic acids is 2. The first kappa shape index (κ1) is 22.9. The van der Waals surface area contributed by atoms with Crippen LogP contribution >= 0.6 is 0 Å². The van der Waals surface area contributed by atoms with Crippen molar-refractivity contribution in [1.82, 2.24) is 5.32 Å². The van der Waals surface area contributed by atoms with Gasteiger partial charge in [-0.25, -0.2) is 26.7 Å². The number of amides is 1. The topological polar surface area (TPSA) is 55.4 Å². The van der Waals surface area contributed by atoms with Gasteiger partial charge in [0.2, 0.25) is 5.82 Å². The fourth-order valence-corrected chi connectivity index (χ4v) is 2.35. The van der Waals surface area contributed by atoms with Gasteiger partial charge in [0, 0.05) is 0 Å². The third-order valence-corrected chi connectivity index (χ3v) is 3.73. The van der Waals surface area contributed by atoms with Gasteiger partial charge < -0.3 is 10.1 Å². The molecule has 1 aromatic carbocycles. The van der Waals surface area contributed by atoms with E-state index in [0.29, 0.717) is 6.42 Å². The molecule has 0 aliphatic rings. The van der Waals surface area contributed by atoms with Crippen LogP contribution in [0.2, 0.25) is 0 Å². The lowest BCUT2D eigenvalue weighted by Crippen LogP contribution is -2.43. The smallest absolute Gasteiger partial charge is 0.328 e. The minimum atomic E-state index is -2.37. The van der Waals surface area contributed by atoms with Crippen LogP contribution in [-0.2, 0) is 9.53 Å². The van der Waals surface area contributed by atoms with Crippen LogP contribution in [0.3, 0.4) is 0 Å². The number of ether oxygens (including phenoxy) is 1. The molecule has 0 aliphatic heterocycles. The van der Waals surface area contributed by atoms with Crippen LogP contribution in [0.1, 0.15) is 56.8 Å². The van der Waals surface area contributed by atoms with Crippen molar-refractivity contribution in [2.45, 2.75) is 52.5 Å². The highest BCUT2D eigenvalue weighted by Gasteiger charge is 2.32. The van der Waals surface area contributed by atoms with Crippen molar-refractivity contribution in [2.75, 3.05) is 6.61 Å². The van der Waals surface area contributed by atoms with Gasteiger partial charge in [-0.05, 0) is 18.8 Å². The van der Waals surface area contributed by atoms with Crippen molar-refractivity contribution in [3.8, 4) is 0 Å². The quantitative estimate of drug-likeness (QED) is 0.224. The van der Waals surface area contributed by atoms with Crippen molar-refractivity contribution in [2.24, 2.45) is 5.92 Å². The number of rotatable bonds is 9. The molecule has 0 saturated carbocycles. The molecule has 1 aromatic rings. The van der Waals surface area contributed by atoms with Gasteiger partial charge in [0.25, 0.3) is 5.91 Å². The maximum atomic E-state index is 13.8. The highest BCUT2D eigenvalue weighted by atomic mass is 19.2. The molecule has 1 N–H and O–H groups in total. The van der Waals surface area contributed by atoms with E-state index in [9.17, 15) is 31.5 Å². The SMILES string of the molecule is CCCCCOC(=O)C(CC(C)C)NC(=O)c1c(F)c(F)c(F)c(F)c1F. The summed E-state index contributed by atoms with van der Waals surface area (Å²) < 4.78 is 72.2. The lowest BCUT2D eigenvalue weighted by atomic mass is 10.0. The molecular weight excluding hydrogens is 373 g/mol. The molecule has 9 heteroatoms. The first-order valence-electron chi connectivity index (χ1n) is 8.60. The zero-order valence-corrected chi connectivity index (χ0v) is 15.3. The Morgan fingerprint density at radius 3 is 1.93 bits per heavy atom. The summed E-state index contributed by atoms with van der Waals surface area (Å²) in [4.78, 5) is 24.3. The van der Waals surface area contributed by atoms with Crippen molar-refractivity contribution in [1.29, 1.82) is 0 Å². The van der Waals surface area contributed by atoms with Gasteiger partial charge in [-0.1, -0.05) is 33.6 Å². The summed E-state index contributed by atoms with van der Waals surface area (Å²) in [6, 6.07) is -1.28. The van der Waals surface area contributed by atoms with E-state index in [4.69, 9.17) is 4.74 Å². The Hall–Kier alpha value is -2.19. The third-order valence-electron chi connectivity index (χ3n) is 3.73. The summed E-state index contributed by atoms with van der Waals surface area (Å²) in [5.74, 6) is -13.9. The Kier molecular flexibility index (Phi) is 8.65. The molecule has 0 fully saturated rings. The molecule has 1 amide bonds. The first-order valence-corrected chi connectivity index (χ1v) is 8.60.